The Bertz CT molecular complexity index is 752. The highest BCUT2D eigenvalue weighted by Gasteiger charge is 2.19. The number of nitrogens with one attached hydrogen (secondary N) is 2. The summed E-state index contributed by atoms with van der Waals surface area (Å²) in [4.78, 5) is 14.6. The number of hydrogen-bond acceptors (Lipinski definition) is 2. The van der Waals surface area contributed by atoms with Crippen LogP contribution in [-0.4, -0.2) is 37.1 Å². The van der Waals surface area contributed by atoms with Gasteiger partial charge in [-0.1, -0.05) is 42.5 Å². The number of urea groups is 1. The molecule has 0 atom stereocenters. The number of benzene rings is 2. The highest BCUT2D eigenvalue weighted by molar-refractivity contribution is 5.90. The van der Waals surface area contributed by atoms with Crippen LogP contribution in [0, 0.1) is 19.8 Å². The molecule has 0 aromatic heterocycles. The summed E-state index contributed by atoms with van der Waals surface area (Å²) in [6, 6.07) is 16.7. The van der Waals surface area contributed by atoms with E-state index >= 15 is 0 Å². The van der Waals surface area contributed by atoms with Gasteiger partial charge in [0.15, 0.2) is 0 Å². The van der Waals surface area contributed by atoms with Gasteiger partial charge < -0.3 is 15.5 Å². The quantitative estimate of drug-likeness (QED) is 0.681. The second kappa shape index (κ2) is 10.3. The molecule has 0 saturated carbocycles. The first-order chi connectivity index (χ1) is 13.6. The predicted octanol–water partition coefficient (Wildman–Crippen LogP) is 4.77. The first kappa shape index (κ1) is 20.4. The molecular weight excluding hydrogens is 346 g/mol. The van der Waals surface area contributed by atoms with Crippen LogP contribution in [0.2, 0.25) is 0 Å². The molecule has 0 aliphatic carbocycles. The number of likely N-dealkylation sites (tertiary alicyclic amines) is 1. The molecule has 28 heavy (non-hydrogen) atoms. The van der Waals surface area contributed by atoms with Crippen LogP contribution in [0.3, 0.4) is 0 Å². The lowest BCUT2D eigenvalue weighted by atomic mass is 9.90. The van der Waals surface area contributed by atoms with Crippen LogP contribution in [0.4, 0.5) is 10.5 Å². The lowest BCUT2D eigenvalue weighted by Gasteiger charge is -2.32. The average Bonchev–Trinajstić information content (AvgIpc) is 2.71. The fourth-order valence-electron chi connectivity index (χ4n) is 3.92. The van der Waals surface area contributed by atoms with Gasteiger partial charge in [0, 0.05) is 12.2 Å². The first-order valence-electron chi connectivity index (χ1n) is 10.5. The van der Waals surface area contributed by atoms with Crippen molar-refractivity contribution >= 4 is 11.7 Å². The van der Waals surface area contributed by atoms with Gasteiger partial charge in [0.2, 0.25) is 0 Å². The van der Waals surface area contributed by atoms with Gasteiger partial charge in [0.25, 0.3) is 0 Å². The third kappa shape index (κ3) is 6.10. The molecule has 4 heteroatoms. The van der Waals surface area contributed by atoms with E-state index in [4.69, 9.17) is 0 Å². The Kier molecular flexibility index (Phi) is 7.49. The van der Waals surface area contributed by atoms with Gasteiger partial charge in [0.05, 0.1) is 0 Å². The molecular formula is C24H33N3O. The lowest BCUT2D eigenvalue weighted by molar-refractivity contribution is 0.182. The predicted molar refractivity (Wildman–Crippen MR) is 117 cm³/mol. The van der Waals surface area contributed by atoms with Crippen molar-refractivity contribution in [3.8, 4) is 0 Å². The number of carbonyl (C=O) groups excluding carboxylic acids is 1. The Morgan fingerprint density at radius 1 is 1.04 bits per heavy atom. The normalized spacial score (nSPS) is 15.4. The van der Waals surface area contributed by atoms with Gasteiger partial charge in [-0.2, -0.15) is 0 Å². The number of hydrogen-bond donors (Lipinski definition) is 2. The molecule has 1 heterocycles. The Morgan fingerprint density at radius 3 is 2.54 bits per heavy atom. The van der Waals surface area contributed by atoms with Gasteiger partial charge in [-0.3, -0.25) is 0 Å². The van der Waals surface area contributed by atoms with Gasteiger partial charge in [-0.15, -0.1) is 0 Å². The fraction of sp³-hybridized carbons (Fsp3) is 0.458. The highest BCUT2D eigenvalue weighted by atomic mass is 16.2. The van der Waals surface area contributed by atoms with Crippen LogP contribution in [-0.2, 0) is 6.42 Å². The second-order valence-electron chi connectivity index (χ2n) is 7.96. The number of anilines is 1. The van der Waals surface area contributed by atoms with Gasteiger partial charge >= 0.3 is 6.03 Å². The van der Waals surface area contributed by atoms with E-state index in [0.717, 1.165) is 30.1 Å². The van der Waals surface area contributed by atoms with Crippen LogP contribution >= 0.6 is 0 Å². The topological polar surface area (TPSA) is 44.4 Å². The summed E-state index contributed by atoms with van der Waals surface area (Å²) < 4.78 is 0. The minimum Gasteiger partial charge on any atom is -0.338 e. The molecule has 0 bridgehead atoms. The van der Waals surface area contributed by atoms with Crippen molar-refractivity contribution in [2.24, 2.45) is 5.92 Å². The molecule has 2 amide bonds. The molecule has 1 fully saturated rings. The average molecular weight is 380 g/mol. The summed E-state index contributed by atoms with van der Waals surface area (Å²) in [6.45, 7) is 8.20. The summed E-state index contributed by atoms with van der Waals surface area (Å²) in [5.41, 5.74) is 4.66. The molecule has 150 valence electrons. The smallest absolute Gasteiger partial charge is 0.319 e. The van der Waals surface area contributed by atoms with E-state index in [-0.39, 0.29) is 6.03 Å². The maximum atomic E-state index is 12.1. The van der Waals surface area contributed by atoms with Gasteiger partial charge in [-0.05, 0) is 87.8 Å². The number of aryl methyl sites for hydroxylation is 1. The Balaban J connectivity index is 1.30. The SMILES string of the molecule is Cc1cccc(NC(=O)NCCCN2CCC(Cc3ccccc3)CC2)c1C. The van der Waals surface area contributed by atoms with Crippen molar-refractivity contribution in [1.82, 2.24) is 10.2 Å². The van der Waals surface area contributed by atoms with Crippen molar-refractivity contribution in [3.63, 3.8) is 0 Å². The highest BCUT2D eigenvalue weighted by Crippen LogP contribution is 2.21. The maximum absolute atomic E-state index is 12.1. The van der Waals surface area contributed by atoms with E-state index in [1.165, 1.54) is 43.5 Å². The summed E-state index contributed by atoms with van der Waals surface area (Å²) in [5, 5.41) is 5.94. The molecule has 4 nitrogen and oxygen atoms in total. The van der Waals surface area contributed by atoms with Crippen molar-refractivity contribution in [1.29, 1.82) is 0 Å². The molecule has 0 unspecified atom stereocenters. The van der Waals surface area contributed by atoms with Crippen LogP contribution in [0.5, 0.6) is 0 Å². The molecule has 1 aliphatic rings. The minimum atomic E-state index is -0.115. The molecule has 1 saturated heterocycles. The fourth-order valence-corrected chi connectivity index (χ4v) is 3.92. The van der Waals surface area contributed by atoms with E-state index in [9.17, 15) is 4.79 Å². The summed E-state index contributed by atoms with van der Waals surface area (Å²) in [7, 11) is 0. The number of amides is 2. The van der Waals surface area contributed by atoms with Crippen molar-refractivity contribution in [2.75, 3.05) is 31.5 Å². The van der Waals surface area contributed by atoms with Crippen molar-refractivity contribution in [3.05, 3.63) is 65.2 Å². The van der Waals surface area contributed by atoms with Crippen LogP contribution in [0.1, 0.15) is 36.0 Å². The van der Waals surface area contributed by atoms with E-state index in [2.05, 4.69) is 58.9 Å². The van der Waals surface area contributed by atoms with Crippen LogP contribution in [0.25, 0.3) is 0 Å². The van der Waals surface area contributed by atoms with Gasteiger partial charge in [-0.25, -0.2) is 4.79 Å². The first-order valence-corrected chi connectivity index (χ1v) is 10.5. The number of nitrogens with zero attached hydrogens (tertiary/aromatic N) is 1. The molecule has 3 rings (SSSR count). The number of piperidine rings is 1. The summed E-state index contributed by atoms with van der Waals surface area (Å²) >= 11 is 0. The Hall–Kier alpha value is -2.33. The zero-order chi connectivity index (χ0) is 19.8. The van der Waals surface area contributed by atoms with E-state index in [0.29, 0.717) is 6.54 Å². The number of carbonyl (C=O) groups is 1. The second-order valence-corrected chi connectivity index (χ2v) is 7.96. The third-order valence-electron chi connectivity index (χ3n) is 5.86. The third-order valence-corrected chi connectivity index (χ3v) is 5.86. The van der Waals surface area contributed by atoms with Crippen molar-refractivity contribution in [2.45, 2.75) is 39.5 Å². The minimum absolute atomic E-state index is 0.115. The summed E-state index contributed by atoms with van der Waals surface area (Å²) in [5.74, 6) is 0.806. The Morgan fingerprint density at radius 2 is 1.79 bits per heavy atom. The molecule has 0 radical (unpaired) electrons. The molecule has 2 N–H and O–H groups in total. The van der Waals surface area contributed by atoms with Crippen LogP contribution < -0.4 is 10.6 Å². The molecule has 2 aromatic rings. The van der Waals surface area contributed by atoms with Crippen LogP contribution in [0.15, 0.2) is 48.5 Å². The molecule has 0 spiro atoms. The standard InChI is InChI=1S/C24H33N3O/c1-19-8-6-11-23(20(19)2)26-24(28)25-14-7-15-27-16-12-22(13-17-27)18-21-9-4-3-5-10-21/h3-6,8-11,22H,7,12-18H2,1-2H3,(H2,25,26,28). The van der Waals surface area contributed by atoms with E-state index in [1.54, 1.807) is 0 Å². The zero-order valence-electron chi connectivity index (χ0n) is 17.2. The van der Waals surface area contributed by atoms with E-state index in [1.807, 2.05) is 19.1 Å². The zero-order valence-corrected chi connectivity index (χ0v) is 17.2. The summed E-state index contributed by atoms with van der Waals surface area (Å²) in [6.07, 6.45) is 4.74. The number of rotatable bonds is 7. The monoisotopic (exact) mass is 379 g/mol. The molecule has 2 aromatic carbocycles. The van der Waals surface area contributed by atoms with Gasteiger partial charge in [0.1, 0.15) is 0 Å². The largest absolute Gasteiger partial charge is 0.338 e. The maximum Gasteiger partial charge on any atom is 0.319 e. The van der Waals surface area contributed by atoms with E-state index < -0.39 is 0 Å². The molecule has 1 aliphatic heterocycles. The van der Waals surface area contributed by atoms with Crippen molar-refractivity contribution < 1.29 is 4.79 Å². The lowest BCUT2D eigenvalue weighted by Crippen LogP contribution is -2.37. The Labute approximate surface area is 169 Å².